The Morgan fingerprint density at radius 2 is 1.91 bits per heavy atom. The highest BCUT2D eigenvalue weighted by molar-refractivity contribution is 6.30. The molecule has 0 saturated carbocycles. The number of nitrogens with one attached hydrogen (secondary N) is 1. The molecule has 2 rings (SSSR count). The van der Waals surface area contributed by atoms with E-state index in [-0.39, 0.29) is 5.91 Å². The molecule has 0 fully saturated rings. The zero-order valence-electron chi connectivity index (χ0n) is 12.6. The topological polar surface area (TPSA) is 55.4 Å². The van der Waals surface area contributed by atoms with Crippen molar-refractivity contribution in [3.8, 4) is 0 Å². The predicted molar refractivity (Wildman–Crippen MR) is 91.5 cm³/mol. The molecule has 118 valence electrons. The van der Waals surface area contributed by atoms with Crippen LogP contribution in [0.3, 0.4) is 0 Å². The van der Waals surface area contributed by atoms with E-state index in [2.05, 4.69) is 5.32 Å². The van der Waals surface area contributed by atoms with Crippen molar-refractivity contribution in [2.45, 2.75) is 6.92 Å². The third kappa shape index (κ3) is 5.27. The van der Waals surface area contributed by atoms with Gasteiger partial charge in [-0.1, -0.05) is 29.8 Å². The molecule has 2 aromatic rings. The standard InChI is InChI=1S/C18H16ClNO3/c1-2-23-18(22)14-4-3-5-16(12-14)20-17(21)11-8-13-6-9-15(19)10-7-13/h3-12H,2H2,1H3,(H,20,21)/b11-8+. The Kier molecular flexibility index (Phi) is 5.94. The Morgan fingerprint density at radius 1 is 1.17 bits per heavy atom. The van der Waals surface area contributed by atoms with Gasteiger partial charge in [-0.05, 0) is 48.9 Å². The highest BCUT2D eigenvalue weighted by Gasteiger charge is 2.07. The highest BCUT2D eigenvalue weighted by atomic mass is 35.5. The maximum absolute atomic E-state index is 11.9. The number of amides is 1. The van der Waals surface area contributed by atoms with E-state index in [0.29, 0.717) is 22.9 Å². The number of rotatable bonds is 5. The first-order valence-electron chi connectivity index (χ1n) is 7.10. The first-order valence-corrected chi connectivity index (χ1v) is 7.48. The molecular weight excluding hydrogens is 314 g/mol. The summed E-state index contributed by atoms with van der Waals surface area (Å²) in [6, 6.07) is 13.7. The van der Waals surface area contributed by atoms with E-state index in [4.69, 9.17) is 16.3 Å². The van der Waals surface area contributed by atoms with Crippen molar-refractivity contribution in [3.05, 3.63) is 70.8 Å². The summed E-state index contributed by atoms with van der Waals surface area (Å²) >= 11 is 5.80. The minimum Gasteiger partial charge on any atom is -0.462 e. The first kappa shape index (κ1) is 16.8. The fourth-order valence-corrected chi connectivity index (χ4v) is 1.99. The minimum absolute atomic E-state index is 0.291. The smallest absolute Gasteiger partial charge is 0.338 e. The van der Waals surface area contributed by atoms with Gasteiger partial charge in [-0.15, -0.1) is 0 Å². The highest BCUT2D eigenvalue weighted by Crippen LogP contribution is 2.13. The summed E-state index contributed by atoms with van der Waals surface area (Å²) in [4.78, 5) is 23.6. The van der Waals surface area contributed by atoms with E-state index < -0.39 is 5.97 Å². The van der Waals surface area contributed by atoms with Crippen molar-refractivity contribution < 1.29 is 14.3 Å². The van der Waals surface area contributed by atoms with Gasteiger partial charge in [-0.2, -0.15) is 0 Å². The molecule has 0 aliphatic rings. The van der Waals surface area contributed by atoms with Crippen LogP contribution in [0, 0.1) is 0 Å². The number of esters is 1. The lowest BCUT2D eigenvalue weighted by atomic mass is 10.2. The molecule has 1 amide bonds. The summed E-state index contributed by atoms with van der Waals surface area (Å²) in [7, 11) is 0. The molecule has 1 N–H and O–H groups in total. The third-order valence-electron chi connectivity index (χ3n) is 2.94. The number of hydrogen-bond acceptors (Lipinski definition) is 3. The van der Waals surface area contributed by atoms with Gasteiger partial charge in [0.25, 0.3) is 0 Å². The molecule has 5 heteroatoms. The van der Waals surface area contributed by atoms with Crippen molar-refractivity contribution in [1.29, 1.82) is 0 Å². The average Bonchev–Trinajstić information content (AvgIpc) is 2.55. The quantitative estimate of drug-likeness (QED) is 0.661. The van der Waals surface area contributed by atoms with Crippen LogP contribution in [-0.4, -0.2) is 18.5 Å². The predicted octanol–water partition coefficient (Wildman–Crippen LogP) is 4.17. The van der Waals surface area contributed by atoms with E-state index in [1.165, 1.54) is 6.08 Å². The van der Waals surface area contributed by atoms with E-state index in [0.717, 1.165) is 5.56 Å². The Morgan fingerprint density at radius 3 is 2.61 bits per heavy atom. The van der Waals surface area contributed by atoms with Gasteiger partial charge in [0.15, 0.2) is 0 Å². The monoisotopic (exact) mass is 329 g/mol. The Labute approximate surface area is 139 Å². The van der Waals surface area contributed by atoms with Gasteiger partial charge in [0.05, 0.1) is 12.2 Å². The summed E-state index contributed by atoms with van der Waals surface area (Å²) in [6.45, 7) is 2.05. The largest absolute Gasteiger partial charge is 0.462 e. The number of hydrogen-bond donors (Lipinski definition) is 1. The van der Waals surface area contributed by atoms with Crippen LogP contribution >= 0.6 is 11.6 Å². The second-order valence-electron chi connectivity index (χ2n) is 4.68. The zero-order chi connectivity index (χ0) is 16.7. The molecule has 0 bridgehead atoms. The molecule has 0 spiro atoms. The third-order valence-corrected chi connectivity index (χ3v) is 3.19. The lowest BCUT2D eigenvalue weighted by Gasteiger charge is -2.05. The van der Waals surface area contributed by atoms with Crippen molar-refractivity contribution in [1.82, 2.24) is 0 Å². The molecule has 0 atom stereocenters. The van der Waals surface area contributed by atoms with E-state index in [9.17, 15) is 9.59 Å². The summed E-state index contributed by atoms with van der Waals surface area (Å²) in [5.74, 6) is -0.707. The first-order chi connectivity index (χ1) is 11.1. The van der Waals surface area contributed by atoms with Crippen molar-refractivity contribution in [2.75, 3.05) is 11.9 Å². The van der Waals surface area contributed by atoms with Gasteiger partial charge in [0, 0.05) is 16.8 Å². The molecule has 0 saturated heterocycles. The summed E-state index contributed by atoms with van der Waals surface area (Å²) in [5, 5.41) is 3.34. The lowest BCUT2D eigenvalue weighted by Crippen LogP contribution is -2.09. The molecule has 0 radical (unpaired) electrons. The van der Waals surface area contributed by atoms with Crippen LogP contribution in [0.25, 0.3) is 6.08 Å². The number of carbonyl (C=O) groups excluding carboxylic acids is 2. The molecule has 0 aromatic heterocycles. The second-order valence-corrected chi connectivity index (χ2v) is 5.11. The maximum Gasteiger partial charge on any atom is 0.338 e. The van der Waals surface area contributed by atoms with Gasteiger partial charge >= 0.3 is 5.97 Å². The van der Waals surface area contributed by atoms with Gasteiger partial charge in [0.1, 0.15) is 0 Å². The van der Waals surface area contributed by atoms with Gasteiger partial charge in [0.2, 0.25) is 5.91 Å². The normalized spacial score (nSPS) is 10.5. The van der Waals surface area contributed by atoms with Gasteiger partial charge in [-0.25, -0.2) is 4.79 Å². The summed E-state index contributed by atoms with van der Waals surface area (Å²) in [6.07, 6.45) is 3.10. The van der Waals surface area contributed by atoms with Crippen molar-refractivity contribution in [2.24, 2.45) is 0 Å². The number of benzene rings is 2. The zero-order valence-corrected chi connectivity index (χ0v) is 13.3. The SMILES string of the molecule is CCOC(=O)c1cccc(NC(=O)/C=C/c2ccc(Cl)cc2)c1. The average molecular weight is 330 g/mol. The molecule has 0 aliphatic carbocycles. The Hall–Kier alpha value is -2.59. The Bertz CT molecular complexity index is 723. The lowest BCUT2D eigenvalue weighted by molar-refractivity contribution is -0.111. The van der Waals surface area contributed by atoms with Crippen molar-refractivity contribution >= 4 is 35.2 Å². The molecule has 0 unspecified atom stereocenters. The summed E-state index contributed by atoms with van der Waals surface area (Å²) in [5.41, 5.74) is 1.79. The minimum atomic E-state index is -0.416. The van der Waals surface area contributed by atoms with E-state index >= 15 is 0 Å². The van der Waals surface area contributed by atoms with Crippen LogP contribution in [0.1, 0.15) is 22.8 Å². The molecule has 0 heterocycles. The maximum atomic E-state index is 11.9. The van der Waals surface area contributed by atoms with E-state index in [1.807, 2.05) is 12.1 Å². The van der Waals surface area contributed by atoms with Crippen LogP contribution in [0.5, 0.6) is 0 Å². The number of carbonyl (C=O) groups is 2. The van der Waals surface area contributed by atoms with E-state index in [1.54, 1.807) is 49.4 Å². The van der Waals surface area contributed by atoms with Gasteiger partial charge in [-0.3, -0.25) is 4.79 Å². The fourth-order valence-electron chi connectivity index (χ4n) is 1.87. The molecule has 23 heavy (non-hydrogen) atoms. The van der Waals surface area contributed by atoms with Crippen LogP contribution in [0.4, 0.5) is 5.69 Å². The number of ether oxygens (including phenoxy) is 1. The fraction of sp³-hybridized carbons (Fsp3) is 0.111. The second kappa shape index (κ2) is 8.15. The van der Waals surface area contributed by atoms with Crippen molar-refractivity contribution in [3.63, 3.8) is 0 Å². The molecule has 2 aromatic carbocycles. The molecular formula is C18H16ClNO3. The van der Waals surface area contributed by atoms with Crippen LogP contribution in [-0.2, 0) is 9.53 Å². The summed E-state index contributed by atoms with van der Waals surface area (Å²) < 4.78 is 4.93. The van der Waals surface area contributed by atoms with Crippen LogP contribution in [0.15, 0.2) is 54.6 Å². The molecule has 0 aliphatic heterocycles. The van der Waals surface area contributed by atoms with Crippen LogP contribution < -0.4 is 5.32 Å². The van der Waals surface area contributed by atoms with Gasteiger partial charge < -0.3 is 10.1 Å². The number of anilines is 1. The number of halogens is 1. The molecule has 4 nitrogen and oxygen atoms in total. The Balaban J connectivity index is 2.01. The van der Waals surface area contributed by atoms with Crippen LogP contribution in [0.2, 0.25) is 5.02 Å².